The van der Waals surface area contributed by atoms with E-state index >= 15 is 0 Å². The summed E-state index contributed by atoms with van der Waals surface area (Å²) in [6.45, 7) is 0. The number of rotatable bonds is 2. The Morgan fingerprint density at radius 1 is 1.10 bits per heavy atom. The highest BCUT2D eigenvalue weighted by molar-refractivity contribution is 7.23. The van der Waals surface area contributed by atoms with Gasteiger partial charge in [0.25, 0.3) is 0 Å². The third-order valence-corrected chi connectivity index (χ3v) is 4.27. The quantitative estimate of drug-likeness (QED) is 0.616. The van der Waals surface area contributed by atoms with Crippen molar-refractivity contribution in [3.63, 3.8) is 0 Å². The SMILES string of the molecule is COc1ccc2c(n1)sc1nc(-c3ccc(O)cc3)cn12. The fourth-order valence-corrected chi connectivity index (χ4v) is 3.23. The molecule has 3 aromatic heterocycles. The van der Waals surface area contributed by atoms with E-state index in [0.717, 1.165) is 26.6 Å². The Morgan fingerprint density at radius 3 is 2.67 bits per heavy atom. The van der Waals surface area contributed by atoms with Gasteiger partial charge in [-0.15, -0.1) is 0 Å². The number of imidazole rings is 1. The predicted molar refractivity (Wildman–Crippen MR) is 82.0 cm³/mol. The van der Waals surface area contributed by atoms with Crippen molar-refractivity contribution >= 4 is 26.6 Å². The zero-order valence-electron chi connectivity index (χ0n) is 11.1. The molecule has 0 aliphatic carbocycles. The van der Waals surface area contributed by atoms with Gasteiger partial charge in [0.15, 0.2) is 4.96 Å². The van der Waals surface area contributed by atoms with Gasteiger partial charge in [-0.1, -0.05) is 11.3 Å². The molecule has 21 heavy (non-hydrogen) atoms. The summed E-state index contributed by atoms with van der Waals surface area (Å²) in [5.74, 6) is 0.854. The number of nitrogens with zero attached hydrogens (tertiary/aromatic N) is 3. The maximum atomic E-state index is 9.35. The maximum absolute atomic E-state index is 9.35. The van der Waals surface area contributed by atoms with E-state index in [0.29, 0.717) is 5.88 Å². The van der Waals surface area contributed by atoms with Crippen LogP contribution in [0, 0.1) is 0 Å². The number of thiazole rings is 1. The van der Waals surface area contributed by atoms with E-state index in [2.05, 4.69) is 9.97 Å². The summed E-state index contributed by atoms with van der Waals surface area (Å²) in [5, 5.41) is 9.35. The minimum absolute atomic E-state index is 0.251. The van der Waals surface area contributed by atoms with Crippen LogP contribution in [0.15, 0.2) is 42.6 Å². The number of aromatic hydroxyl groups is 1. The highest BCUT2D eigenvalue weighted by Gasteiger charge is 2.11. The highest BCUT2D eigenvalue weighted by atomic mass is 32.1. The molecule has 104 valence electrons. The molecule has 0 radical (unpaired) electrons. The van der Waals surface area contributed by atoms with Crippen molar-refractivity contribution in [3.8, 4) is 22.9 Å². The third-order valence-electron chi connectivity index (χ3n) is 3.31. The maximum Gasteiger partial charge on any atom is 0.214 e. The van der Waals surface area contributed by atoms with Gasteiger partial charge in [-0.25, -0.2) is 9.97 Å². The van der Waals surface area contributed by atoms with Crippen LogP contribution in [0.5, 0.6) is 11.6 Å². The van der Waals surface area contributed by atoms with E-state index in [1.807, 2.05) is 34.9 Å². The number of hydrogen-bond acceptors (Lipinski definition) is 5. The summed E-state index contributed by atoms with van der Waals surface area (Å²) in [7, 11) is 1.61. The number of benzene rings is 1. The van der Waals surface area contributed by atoms with E-state index in [-0.39, 0.29) is 5.75 Å². The molecule has 3 heterocycles. The van der Waals surface area contributed by atoms with Crippen molar-refractivity contribution in [3.05, 3.63) is 42.6 Å². The summed E-state index contributed by atoms with van der Waals surface area (Å²) in [5.41, 5.74) is 2.85. The van der Waals surface area contributed by atoms with Crippen molar-refractivity contribution in [2.24, 2.45) is 0 Å². The molecule has 0 saturated carbocycles. The van der Waals surface area contributed by atoms with Crippen molar-refractivity contribution in [1.29, 1.82) is 0 Å². The lowest BCUT2D eigenvalue weighted by Gasteiger charge is -1.98. The van der Waals surface area contributed by atoms with Gasteiger partial charge in [-0.3, -0.25) is 4.40 Å². The smallest absolute Gasteiger partial charge is 0.214 e. The standard InChI is InChI=1S/C15H11N3O2S/c1-20-13-7-6-12-14(17-13)21-15-16-11(8-18(12)15)9-2-4-10(19)5-3-9/h2-8,19H,1H3. The van der Waals surface area contributed by atoms with Gasteiger partial charge in [0.05, 0.1) is 18.3 Å². The summed E-state index contributed by atoms with van der Waals surface area (Å²) >= 11 is 1.52. The first-order valence-electron chi connectivity index (χ1n) is 6.36. The van der Waals surface area contributed by atoms with Crippen LogP contribution in [0.3, 0.4) is 0 Å². The molecule has 1 aromatic carbocycles. The Morgan fingerprint density at radius 2 is 1.90 bits per heavy atom. The molecule has 6 heteroatoms. The van der Waals surface area contributed by atoms with Gasteiger partial charge >= 0.3 is 0 Å². The predicted octanol–water partition coefficient (Wildman–Crippen LogP) is 3.33. The van der Waals surface area contributed by atoms with E-state index in [1.54, 1.807) is 19.2 Å². The summed E-state index contributed by atoms with van der Waals surface area (Å²) < 4.78 is 7.16. The Labute approximate surface area is 124 Å². The summed E-state index contributed by atoms with van der Waals surface area (Å²) in [6.07, 6.45) is 1.98. The average molecular weight is 297 g/mol. The van der Waals surface area contributed by atoms with Crippen LogP contribution >= 0.6 is 11.3 Å². The van der Waals surface area contributed by atoms with E-state index in [9.17, 15) is 5.11 Å². The van der Waals surface area contributed by atoms with E-state index in [4.69, 9.17) is 4.74 Å². The van der Waals surface area contributed by atoms with Crippen LogP contribution in [-0.4, -0.2) is 26.6 Å². The Balaban J connectivity index is 1.88. The lowest BCUT2D eigenvalue weighted by Crippen LogP contribution is -1.86. The number of fused-ring (bicyclic) bond motifs is 3. The van der Waals surface area contributed by atoms with Crippen LogP contribution in [0.4, 0.5) is 0 Å². The molecule has 5 nitrogen and oxygen atoms in total. The molecule has 0 saturated heterocycles. The van der Waals surface area contributed by atoms with Crippen molar-refractivity contribution in [1.82, 2.24) is 14.4 Å². The molecule has 0 spiro atoms. The number of hydrogen-bond donors (Lipinski definition) is 1. The first-order chi connectivity index (χ1) is 10.2. The second-order valence-corrected chi connectivity index (χ2v) is 5.56. The highest BCUT2D eigenvalue weighted by Crippen LogP contribution is 2.30. The number of methoxy groups -OCH3 is 1. The number of aromatic nitrogens is 3. The van der Waals surface area contributed by atoms with Gasteiger partial charge in [-0.05, 0) is 30.3 Å². The first-order valence-corrected chi connectivity index (χ1v) is 7.18. The number of ether oxygens (including phenoxy) is 1. The monoisotopic (exact) mass is 297 g/mol. The molecule has 4 rings (SSSR count). The molecule has 0 fully saturated rings. The van der Waals surface area contributed by atoms with E-state index in [1.165, 1.54) is 11.3 Å². The third kappa shape index (κ3) is 1.92. The topological polar surface area (TPSA) is 59.7 Å². The molecular formula is C15H11N3O2S. The van der Waals surface area contributed by atoms with Gasteiger partial charge < -0.3 is 9.84 Å². The van der Waals surface area contributed by atoms with Crippen molar-refractivity contribution in [2.45, 2.75) is 0 Å². The Hall–Kier alpha value is -2.60. The fraction of sp³-hybridized carbons (Fsp3) is 0.0667. The molecule has 0 aliphatic rings. The largest absolute Gasteiger partial charge is 0.508 e. The Bertz CT molecular complexity index is 941. The molecule has 1 N–H and O–H groups in total. The zero-order chi connectivity index (χ0) is 14.4. The second-order valence-electron chi connectivity index (χ2n) is 4.61. The summed E-state index contributed by atoms with van der Waals surface area (Å²) in [4.78, 5) is 10.8. The second kappa shape index (κ2) is 4.46. The van der Waals surface area contributed by atoms with Crippen molar-refractivity contribution < 1.29 is 9.84 Å². The number of phenolic OH excluding ortho intramolecular Hbond substituents is 1. The molecule has 0 atom stereocenters. The molecule has 0 bridgehead atoms. The normalized spacial score (nSPS) is 11.3. The van der Waals surface area contributed by atoms with Gasteiger partial charge in [0, 0.05) is 17.8 Å². The van der Waals surface area contributed by atoms with Crippen LogP contribution in [-0.2, 0) is 0 Å². The minimum Gasteiger partial charge on any atom is -0.508 e. The molecular weight excluding hydrogens is 286 g/mol. The lowest BCUT2D eigenvalue weighted by atomic mass is 10.2. The van der Waals surface area contributed by atoms with Gasteiger partial charge in [-0.2, -0.15) is 0 Å². The molecule has 4 aromatic rings. The van der Waals surface area contributed by atoms with Crippen LogP contribution in [0.1, 0.15) is 0 Å². The molecule has 0 aliphatic heterocycles. The molecule has 0 unspecified atom stereocenters. The number of phenols is 1. The van der Waals surface area contributed by atoms with Crippen LogP contribution in [0.25, 0.3) is 26.6 Å². The Kier molecular flexibility index (Phi) is 2.58. The molecule has 0 amide bonds. The van der Waals surface area contributed by atoms with Gasteiger partial charge in [0.1, 0.15) is 10.6 Å². The lowest BCUT2D eigenvalue weighted by molar-refractivity contribution is 0.400. The van der Waals surface area contributed by atoms with Crippen LogP contribution in [0.2, 0.25) is 0 Å². The van der Waals surface area contributed by atoms with E-state index < -0.39 is 0 Å². The fourth-order valence-electron chi connectivity index (χ4n) is 2.25. The minimum atomic E-state index is 0.251. The summed E-state index contributed by atoms with van der Waals surface area (Å²) in [6, 6.07) is 10.8. The zero-order valence-corrected chi connectivity index (χ0v) is 12.0. The van der Waals surface area contributed by atoms with Crippen molar-refractivity contribution in [2.75, 3.05) is 7.11 Å². The van der Waals surface area contributed by atoms with Gasteiger partial charge in [0.2, 0.25) is 5.88 Å². The van der Waals surface area contributed by atoms with Crippen LogP contribution < -0.4 is 4.74 Å². The average Bonchev–Trinajstić information content (AvgIpc) is 3.04. The first kappa shape index (κ1) is 12.2. The number of pyridine rings is 1.